The molecule has 2 aliphatic rings. The number of nitrogens with one attached hydrogen (secondary N) is 1. The molecule has 0 unspecified atom stereocenters. The molecule has 2 fully saturated rings. The van der Waals surface area contributed by atoms with Crippen LogP contribution in [0.2, 0.25) is 0 Å². The van der Waals surface area contributed by atoms with Crippen molar-refractivity contribution >= 4 is 11.0 Å². The van der Waals surface area contributed by atoms with Crippen LogP contribution in [0.3, 0.4) is 0 Å². The third-order valence-electron chi connectivity index (χ3n) is 6.75. The topological polar surface area (TPSA) is 81.1 Å². The first-order chi connectivity index (χ1) is 15.1. The second-order valence-corrected chi connectivity index (χ2v) is 8.70. The molecule has 0 aliphatic carbocycles. The van der Waals surface area contributed by atoms with Gasteiger partial charge in [0.05, 0.1) is 11.0 Å². The van der Waals surface area contributed by atoms with Crippen LogP contribution in [0.1, 0.15) is 44.4 Å². The molecule has 2 aromatic heterocycles. The molecule has 4 heterocycles. The van der Waals surface area contributed by atoms with Gasteiger partial charge in [0.15, 0.2) is 0 Å². The van der Waals surface area contributed by atoms with Gasteiger partial charge in [-0.15, -0.1) is 0 Å². The standard InChI is InChI=1S/C22H29FN6O2/c1-2-28-18-4-3-17(23)13-19(18)29(22(28)30)21-25-20(31-26-21)16-7-11-27(12-8-16)14-15-5-9-24-10-6-15/h3-4,13,15-16,24H,2,5-12,14H2,1H3. The minimum atomic E-state index is -0.403. The number of imidazole rings is 1. The van der Waals surface area contributed by atoms with Crippen LogP contribution in [-0.4, -0.2) is 56.9 Å². The molecule has 0 spiro atoms. The normalized spacial score (nSPS) is 19.4. The van der Waals surface area contributed by atoms with E-state index in [0.29, 0.717) is 23.5 Å². The van der Waals surface area contributed by atoms with E-state index in [0.717, 1.165) is 44.9 Å². The Labute approximate surface area is 180 Å². The van der Waals surface area contributed by atoms with E-state index in [1.54, 1.807) is 10.6 Å². The lowest BCUT2D eigenvalue weighted by atomic mass is 9.93. The maximum atomic E-state index is 13.9. The van der Waals surface area contributed by atoms with E-state index < -0.39 is 5.82 Å². The lowest BCUT2D eigenvalue weighted by Gasteiger charge is -2.34. The van der Waals surface area contributed by atoms with Crippen LogP contribution in [0.4, 0.5) is 4.39 Å². The monoisotopic (exact) mass is 428 g/mol. The average Bonchev–Trinajstić information content (AvgIpc) is 3.36. The summed E-state index contributed by atoms with van der Waals surface area (Å²) in [4.78, 5) is 20.0. The minimum Gasteiger partial charge on any atom is -0.337 e. The smallest absolute Gasteiger partial charge is 0.336 e. The van der Waals surface area contributed by atoms with E-state index in [1.165, 1.54) is 36.1 Å². The van der Waals surface area contributed by atoms with Crippen LogP contribution in [0.5, 0.6) is 0 Å². The molecule has 5 rings (SSSR count). The Morgan fingerprint density at radius 3 is 2.68 bits per heavy atom. The van der Waals surface area contributed by atoms with E-state index >= 15 is 0 Å². The van der Waals surface area contributed by atoms with Crippen LogP contribution in [0, 0.1) is 11.7 Å². The summed E-state index contributed by atoms with van der Waals surface area (Å²) in [5, 5.41) is 7.51. The highest BCUT2D eigenvalue weighted by atomic mass is 19.1. The van der Waals surface area contributed by atoms with Gasteiger partial charge in [-0.25, -0.2) is 13.8 Å². The molecule has 0 bridgehead atoms. The molecule has 1 aromatic carbocycles. The van der Waals surface area contributed by atoms with Crippen molar-refractivity contribution < 1.29 is 8.91 Å². The van der Waals surface area contributed by atoms with Crippen molar-refractivity contribution in [3.8, 4) is 5.95 Å². The first-order valence-corrected chi connectivity index (χ1v) is 11.3. The van der Waals surface area contributed by atoms with Crippen LogP contribution in [0.15, 0.2) is 27.5 Å². The van der Waals surface area contributed by atoms with Crippen LogP contribution >= 0.6 is 0 Å². The van der Waals surface area contributed by atoms with Gasteiger partial charge in [-0.05, 0) is 82.0 Å². The SMILES string of the molecule is CCn1c(=O)n(-c2noc(C3CCN(CC4CCNCC4)CC3)n2)c2cc(F)ccc21. The Balaban J connectivity index is 1.33. The summed E-state index contributed by atoms with van der Waals surface area (Å²) in [7, 11) is 0. The summed E-state index contributed by atoms with van der Waals surface area (Å²) < 4.78 is 22.4. The van der Waals surface area contributed by atoms with Gasteiger partial charge in [-0.1, -0.05) is 0 Å². The summed E-state index contributed by atoms with van der Waals surface area (Å²) in [5.41, 5.74) is 0.828. The first-order valence-electron chi connectivity index (χ1n) is 11.3. The Kier molecular flexibility index (Phi) is 5.62. The number of piperidine rings is 2. The molecule has 0 radical (unpaired) electrons. The maximum absolute atomic E-state index is 13.9. The van der Waals surface area contributed by atoms with Gasteiger partial charge < -0.3 is 14.7 Å². The number of aromatic nitrogens is 4. The van der Waals surface area contributed by atoms with Gasteiger partial charge in [0.25, 0.3) is 5.95 Å². The Morgan fingerprint density at radius 2 is 1.94 bits per heavy atom. The molecule has 31 heavy (non-hydrogen) atoms. The average molecular weight is 429 g/mol. The predicted octanol–water partition coefficient (Wildman–Crippen LogP) is 2.51. The van der Waals surface area contributed by atoms with Crippen molar-refractivity contribution in [1.29, 1.82) is 0 Å². The van der Waals surface area contributed by atoms with Crippen molar-refractivity contribution in [3.05, 3.63) is 40.4 Å². The number of likely N-dealkylation sites (tertiary alicyclic amines) is 1. The second-order valence-electron chi connectivity index (χ2n) is 8.70. The number of hydrogen-bond acceptors (Lipinski definition) is 6. The minimum absolute atomic E-state index is 0.180. The van der Waals surface area contributed by atoms with Crippen LogP contribution in [0.25, 0.3) is 17.0 Å². The summed E-state index contributed by atoms with van der Waals surface area (Å²) in [6.45, 7) is 7.83. The molecular formula is C22H29FN6O2. The van der Waals surface area contributed by atoms with E-state index in [4.69, 9.17) is 4.52 Å². The predicted molar refractivity (Wildman–Crippen MR) is 115 cm³/mol. The van der Waals surface area contributed by atoms with E-state index in [-0.39, 0.29) is 17.6 Å². The number of rotatable bonds is 5. The molecular weight excluding hydrogens is 399 g/mol. The molecule has 9 heteroatoms. The van der Waals surface area contributed by atoms with Gasteiger partial charge in [0.1, 0.15) is 5.82 Å². The van der Waals surface area contributed by atoms with E-state index in [2.05, 4.69) is 20.4 Å². The summed E-state index contributed by atoms with van der Waals surface area (Å²) in [6, 6.07) is 4.32. The number of hydrogen-bond donors (Lipinski definition) is 1. The summed E-state index contributed by atoms with van der Waals surface area (Å²) in [5.74, 6) is 1.32. The van der Waals surface area contributed by atoms with Gasteiger partial charge in [0, 0.05) is 25.1 Å². The van der Waals surface area contributed by atoms with Gasteiger partial charge >= 0.3 is 5.69 Å². The second kappa shape index (κ2) is 8.55. The first kappa shape index (κ1) is 20.4. The van der Waals surface area contributed by atoms with Crippen molar-refractivity contribution in [2.24, 2.45) is 5.92 Å². The summed E-state index contributed by atoms with van der Waals surface area (Å²) in [6.07, 6.45) is 4.45. The molecule has 2 aliphatic heterocycles. The van der Waals surface area contributed by atoms with Crippen molar-refractivity contribution in [1.82, 2.24) is 29.5 Å². The molecule has 2 saturated heterocycles. The zero-order valence-electron chi connectivity index (χ0n) is 17.9. The molecule has 0 amide bonds. The fraction of sp³-hybridized carbons (Fsp3) is 0.591. The molecule has 0 atom stereocenters. The third-order valence-corrected chi connectivity index (χ3v) is 6.75. The highest BCUT2D eigenvalue weighted by Gasteiger charge is 2.28. The lowest BCUT2D eigenvalue weighted by molar-refractivity contribution is 0.157. The van der Waals surface area contributed by atoms with Crippen molar-refractivity contribution in [2.75, 3.05) is 32.7 Å². The van der Waals surface area contributed by atoms with Crippen LogP contribution < -0.4 is 11.0 Å². The van der Waals surface area contributed by atoms with Gasteiger partial charge in [-0.3, -0.25) is 4.57 Å². The van der Waals surface area contributed by atoms with E-state index in [1.807, 2.05) is 6.92 Å². The summed E-state index contributed by atoms with van der Waals surface area (Å²) >= 11 is 0. The zero-order valence-corrected chi connectivity index (χ0v) is 17.9. The number of nitrogens with zero attached hydrogens (tertiary/aromatic N) is 5. The number of fused-ring (bicyclic) bond motifs is 1. The molecule has 1 N–H and O–H groups in total. The fourth-order valence-corrected chi connectivity index (χ4v) is 5.01. The molecule has 3 aromatic rings. The lowest BCUT2D eigenvalue weighted by Crippen LogP contribution is -2.39. The Bertz CT molecular complexity index is 1110. The van der Waals surface area contributed by atoms with Gasteiger partial charge in [0.2, 0.25) is 5.89 Å². The quantitative estimate of drug-likeness (QED) is 0.673. The molecule has 8 nitrogen and oxygen atoms in total. The number of benzene rings is 1. The fourth-order valence-electron chi connectivity index (χ4n) is 5.01. The maximum Gasteiger partial charge on any atom is 0.336 e. The Morgan fingerprint density at radius 1 is 1.16 bits per heavy atom. The zero-order chi connectivity index (χ0) is 21.4. The van der Waals surface area contributed by atoms with Crippen LogP contribution in [-0.2, 0) is 6.54 Å². The van der Waals surface area contributed by atoms with Crippen molar-refractivity contribution in [2.45, 2.75) is 45.1 Å². The van der Waals surface area contributed by atoms with E-state index in [9.17, 15) is 9.18 Å². The largest absolute Gasteiger partial charge is 0.337 e. The third kappa shape index (κ3) is 3.92. The van der Waals surface area contributed by atoms with Gasteiger partial charge in [-0.2, -0.15) is 4.98 Å². The molecule has 0 saturated carbocycles. The molecule has 166 valence electrons. The number of halogens is 1. The highest BCUT2D eigenvalue weighted by molar-refractivity contribution is 5.77. The van der Waals surface area contributed by atoms with Crippen molar-refractivity contribution in [3.63, 3.8) is 0 Å². The Hall–Kier alpha value is -2.52. The highest BCUT2D eigenvalue weighted by Crippen LogP contribution is 2.29. The number of aryl methyl sites for hydroxylation is 1.